The van der Waals surface area contributed by atoms with E-state index in [2.05, 4.69) is 64.6 Å². The van der Waals surface area contributed by atoms with E-state index in [0.29, 0.717) is 6.04 Å². The number of anilines is 1. The molecular weight excluding hydrogens is 308 g/mol. The molecule has 1 aromatic carbocycles. The molecule has 102 valence electrons. The van der Waals surface area contributed by atoms with E-state index in [-0.39, 0.29) is 0 Å². The Morgan fingerprint density at radius 1 is 1.44 bits per heavy atom. The molecule has 0 aliphatic carbocycles. The molecule has 0 radical (unpaired) electrons. The fourth-order valence-corrected chi connectivity index (χ4v) is 2.95. The van der Waals surface area contributed by atoms with Crippen molar-refractivity contribution < 1.29 is 0 Å². The van der Waals surface area contributed by atoms with Crippen LogP contribution in [0.1, 0.15) is 24.9 Å². The molecule has 0 saturated heterocycles. The first kappa shape index (κ1) is 15.9. The van der Waals surface area contributed by atoms with Crippen LogP contribution in [0.5, 0.6) is 0 Å². The summed E-state index contributed by atoms with van der Waals surface area (Å²) < 4.78 is 1.17. The monoisotopic (exact) mass is 330 g/mol. The number of nitrogens with zero attached hydrogens (tertiary/aromatic N) is 1. The Bertz CT molecular complexity index is 371. The van der Waals surface area contributed by atoms with Crippen molar-refractivity contribution in [1.29, 1.82) is 0 Å². The molecule has 1 unspecified atom stereocenters. The van der Waals surface area contributed by atoms with Gasteiger partial charge in [0.1, 0.15) is 0 Å². The zero-order valence-corrected chi connectivity index (χ0v) is 14.1. The van der Waals surface area contributed by atoms with E-state index in [9.17, 15) is 0 Å². The summed E-state index contributed by atoms with van der Waals surface area (Å²) >= 11 is 5.59. The molecule has 0 spiro atoms. The highest BCUT2D eigenvalue weighted by atomic mass is 79.9. The highest BCUT2D eigenvalue weighted by Gasteiger charge is 2.09. The number of thioether (sulfide) groups is 1. The van der Waals surface area contributed by atoms with E-state index in [4.69, 9.17) is 0 Å². The maximum absolute atomic E-state index is 3.68. The number of halogens is 1. The zero-order chi connectivity index (χ0) is 13.5. The van der Waals surface area contributed by atoms with E-state index in [1.807, 2.05) is 18.8 Å². The van der Waals surface area contributed by atoms with Crippen molar-refractivity contribution in [3.8, 4) is 0 Å². The Balaban J connectivity index is 2.72. The minimum absolute atomic E-state index is 0.386. The Morgan fingerprint density at radius 2 is 2.17 bits per heavy atom. The van der Waals surface area contributed by atoms with Gasteiger partial charge >= 0.3 is 0 Å². The quantitative estimate of drug-likeness (QED) is 0.763. The van der Waals surface area contributed by atoms with Crippen LogP contribution >= 0.6 is 27.7 Å². The summed E-state index contributed by atoms with van der Waals surface area (Å²) in [7, 11) is 4.14. The van der Waals surface area contributed by atoms with Crippen LogP contribution in [0.3, 0.4) is 0 Å². The highest BCUT2D eigenvalue weighted by Crippen LogP contribution is 2.28. The van der Waals surface area contributed by atoms with E-state index in [0.717, 1.165) is 6.54 Å². The molecule has 1 atom stereocenters. The molecule has 0 aliphatic rings. The minimum atomic E-state index is 0.386. The lowest BCUT2D eigenvalue weighted by molar-refractivity contribution is 0.652. The molecule has 0 bridgehead atoms. The third kappa shape index (κ3) is 4.48. The summed E-state index contributed by atoms with van der Waals surface area (Å²) in [6.45, 7) is 3.27. The topological polar surface area (TPSA) is 15.3 Å². The van der Waals surface area contributed by atoms with Crippen molar-refractivity contribution in [2.75, 3.05) is 37.5 Å². The fourth-order valence-electron chi connectivity index (χ4n) is 1.84. The summed E-state index contributed by atoms with van der Waals surface area (Å²) in [5, 5.41) is 3.26. The van der Waals surface area contributed by atoms with Crippen molar-refractivity contribution in [3.05, 3.63) is 28.2 Å². The van der Waals surface area contributed by atoms with Gasteiger partial charge in [-0.3, -0.25) is 0 Å². The van der Waals surface area contributed by atoms with Gasteiger partial charge in [-0.25, -0.2) is 0 Å². The smallest absolute Gasteiger partial charge is 0.0508 e. The molecule has 1 N–H and O–H groups in total. The molecule has 0 amide bonds. The van der Waals surface area contributed by atoms with Crippen LogP contribution in [-0.4, -0.2) is 32.6 Å². The van der Waals surface area contributed by atoms with Gasteiger partial charge in [0, 0.05) is 24.1 Å². The maximum Gasteiger partial charge on any atom is 0.0508 e. The molecule has 2 nitrogen and oxygen atoms in total. The second-order valence-corrected chi connectivity index (χ2v) is 6.33. The van der Waals surface area contributed by atoms with Crippen molar-refractivity contribution in [2.24, 2.45) is 0 Å². The maximum atomic E-state index is 3.68. The van der Waals surface area contributed by atoms with Gasteiger partial charge in [-0.2, -0.15) is 11.8 Å². The van der Waals surface area contributed by atoms with Crippen LogP contribution in [0.4, 0.5) is 5.69 Å². The van der Waals surface area contributed by atoms with Crippen molar-refractivity contribution >= 4 is 33.4 Å². The van der Waals surface area contributed by atoms with Crippen molar-refractivity contribution in [3.63, 3.8) is 0 Å². The summed E-state index contributed by atoms with van der Waals surface area (Å²) in [4.78, 5) is 2.31. The van der Waals surface area contributed by atoms with Gasteiger partial charge < -0.3 is 10.2 Å². The van der Waals surface area contributed by atoms with E-state index in [1.54, 1.807) is 0 Å². The van der Waals surface area contributed by atoms with Crippen LogP contribution in [0.2, 0.25) is 0 Å². The van der Waals surface area contributed by atoms with Gasteiger partial charge in [0.2, 0.25) is 0 Å². The third-order valence-electron chi connectivity index (χ3n) is 3.16. The van der Waals surface area contributed by atoms with Crippen LogP contribution in [0.15, 0.2) is 22.7 Å². The SMILES string of the molecule is CNC(C)c1ccc(N(C)CCCSC)c(Br)c1. The average Bonchev–Trinajstić information content (AvgIpc) is 2.37. The molecule has 1 rings (SSSR count). The Labute approximate surface area is 124 Å². The first-order valence-electron chi connectivity index (χ1n) is 6.27. The number of rotatable bonds is 7. The van der Waals surface area contributed by atoms with E-state index in [1.165, 1.54) is 27.9 Å². The van der Waals surface area contributed by atoms with Gasteiger partial charge in [0.05, 0.1) is 5.69 Å². The molecule has 18 heavy (non-hydrogen) atoms. The van der Waals surface area contributed by atoms with Crippen LogP contribution < -0.4 is 10.2 Å². The Kier molecular flexibility index (Phi) is 7.12. The molecular formula is C14H23BrN2S. The molecule has 0 aliphatic heterocycles. The molecule has 0 heterocycles. The average molecular weight is 331 g/mol. The summed E-state index contributed by atoms with van der Waals surface area (Å²) in [5.41, 5.74) is 2.58. The van der Waals surface area contributed by atoms with Crippen LogP contribution in [0.25, 0.3) is 0 Å². The van der Waals surface area contributed by atoms with Crippen LogP contribution in [-0.2, 0) is 0 Å². The van der Waals surface area contributed by atoms with Crippen LogP contribution in [0, 0.1) is 0 Å². The van der Waals surface area contributed by atoms with Gasteiger partial charge in [0.25, 0.3) is 0 Å². The van der Waals surface area contributed by atoms with Crippen molar-refractivity contribution in [2.45, 2.75) is 19.4 Å². The number of benzene rings is 1. The normalized spacial score (nSPS) is 12.5. The largest absolute Gasteiger partial charge is 0.374 e. The molecule has 4 heteroatoms. The summed E-state index contributed by atoms with van der Waals surface area (Å²) in [6, 6.07) is 7.00. The zero-order valence-electron chi connectivity index (χ0n) is 11.7. The lowest BCUT2D eigenvalue weighted by atomic mass is 10.1. The van der Waals surface area contributed by atoms with Gasteiger partial charge in [-0.1, -0.05) is 6.07 Å². The summed E-state index contributed by atoms with van der Waals surface area (Å²) in [5.74, 6) is 1.22. The fraction of sp³-hybridized carbons (Fsp3) is 0.571. The Hall–Kier alpha value is -0.190. The second kappa shape index (κ2) is 8.08. The minimum Gasteiger partial charge on any atom is -0.374 e. The first-order chi connectivity index (χ1) is 8.60. The predicted octanol–water partition coefficient (Wildman–Crippen LogP) is 3.92. The molecule has 1 aromatic rings. The lowest BCUT2D eigenvalue weighted by Crippen LogP contribution is -2.20. The van der Waals surface area contributed by atoms with Gasteiger partial charge in [0.15, 0.2) is 0 Å². The second-order valence-electron chi connectivity index (χ2n) is 4.49. The summed E-state index contributed by atoms with van der Waals surface area (Å²) in [6.07, 6.45) is 3.38. The predicted molar refractivity (Wildman–Crippen MR) is 87.9 cm³/mol. The molecule has 0 saturated carbocycles. The third-order valence-corrected chi connectivity index (χ3v) is 4.49. The standard InChI is InChI=1S/C14H23BrN2S/c1-11(16-2)12-6-7-14(13(15)10-12)17(3)8-5-9-18-4/h6-7,10-11,16H,5,8-9H2,1-4H3. The number of hydrogen-bond acceptors (Lipinski definition) is 3. The lowest BCUT2D eigenvalue weighted by Gasteiger charge is -2.22. The highest BCUT2D eigenvalue weighted by molar-refractivity contribution is 9.10. The van der Waals surface area contributed by atoms with Gasteiger partial charge in [-0.05, 0) is 66.0 Å². The number of nitrogens with one attached hydrogen (secondary N) is 1. The number of hydrogen-bond donors (Lipinski definition) is 1. The first-order valence-corrected chi connectivity index (χ1v) is 8.45. The van der Waals surface area contributed by atoms with Gasteiger partial charge in [-0.15, -0.1) is 0 Å². The van der Waals surface area contributed by atoms with Crippen molar-refractivity contribution in [1.82, 2.24) is 5.32 Å². The molecule has 0 fully saturated rings. The van der Waals surface area contributed by atoms with E-state index >= 15 is 0 Å². The van der Waals surface area contributed by atoms with E-state index < -0.39 is 0 Å². The molecule has 0 aromatic heterocycles. The Morgan fingerprint density at radius 3 is 2.72 bits per heavy atom.